The van der Waals surface area contributed by atoms with Crippen LogP contribution in [0, 0.1) is 0 Å². The molecule has 44 heavy (non-hydrogen) atoms. The second kappa shape index (κ2) is 6.31. The van der Waals surface area contributed by atoms with Crippen LogP contribution in [0.15, 0.2) is 110 Å². The van der Waals surface area contributed by atoms with Crippen LogP contribution < -0.4 is 13.9 Å². The second-order valence-corrected chi connectivity index (χ2v) is 12.2. The summed E-state index contributed by atoms with van der Waals surface area (Å²) in [5.74, 6) is 1.80. The minimum absolute atomic E-state index is 0.718. The number of rotatable bonds is 0. The van der Waals surface area contributed by atoms with Gasteiger partial charge in [-0.15, -0.1) is 0 Å². The molecule has 0 saturated heterocycles. The summed E-state index contributed by atoms with van der Waals surface area (Å²) in [6.07, 6.45) is 7.87. The van der Waals surface area contributed by atoms with Crippen molar-refractivity contribution in [1.29, 1.82) is 0 Å². The van der Waals surface area contributed by atoms with E-state index >= 15 is 0 Å². The Morgan fingerprint density at radius 1 is 0.523 bits per heavy atom. The molecule has 6 aromatic heterocycles. The van der Waals surface area contributed by atoms with Crippen LogP contribution >= 0.6 is 0 Å². The molecule has 13 rings (SSSR count). The lowest BCUT2D eigenvalue weighted by Crippen LogP contribution is -2.71. The zero-order chi connectivity index (χ0) is 28.1. The van der Waals surface area contributed by atoms with E-state index in [4.69, 9.17) is 4.74 Å². The van der Waals surface area contributed by atoms with Crippen LogP contribution in [0.25, 0.3) is 76.7 Å². The first-order chi connectivity index (χ1) is 21.9. The van der Waals surface area contributed by atoms with Crippen molar-refractivity contribution in [1.82, 2.24) is 18.8 Å². The van der Waals surface area contributed by atoms with Crippen molar-refractivity contribution in [3.8, 4) is 11.5 Å². The van der Waals surface area contributed by atoms with Crippen LogP contribution in [-0.4, -0.2) is 18.8 Å². The van der Waals surface area contributed by atoms with Gasteiger partial charge in [0, 0.05) is 46.1 Å². The summed E-state index contributed by atoms with van der Waals surface area (Å²) < 4.78 is 16.9. The topological polar surface area (TPSA) is 51.6 Å². The highest BCUT2D eigenvalue weighted by Gasteiger charge is 2.67. The predicted octanol–water partition coefficient (Wildman–Crippen LogP) is 6.51. The number of ether oxygens (including phenoxy) is 1. The largest absolute Gasteiger partial charge is 0.456 e. The summed E-state index contributed by atoms with van der Waals surface area (Å²) in [5, 5.41) is 7.35. The average molecular weight is 563 g/mol. The van der Waals surface area contributed by atoms with Crippen molar-refractivity contribution >= 4 is 76.7 Å². The maximum Gasteiger partial charge on any atom is 0.316 e. The third-order valence-corrected chi connectivity index (χ3v) is 10.6. The summed E-state index contributed by atoms with van der Waals surface area (Å²) in [4.78, 5) is 9.29. The molecule has 1 spiro atoms. The van der Waals surface area contributed by atoms with Gasteiger partial charge in [0.1, 0.15) is 33.7 Å². The summed E-state index contributed by atoms with van der Waals surface area (Å²) in [7, 11) is 0. The summed E-state index contributed by atoms with van der Waals surface area (Å²) in [6.45, 7) is 0. The zero-order valence-electron chi connectivity index (χ0n) is 23.0. The van der Waals surface area contributed by atoms with E-state index in [1.807, 2.05) is 24.8 Å². The first kappa shape index (κ1) is 20.7. The maximum absolute atomic E-state index is 6.92. The fraction of sp³-hybridized carbons (Fsp3) is 0.0270. The number of benzene rings is 4. The molecule has 0 atom stereocenters. The van der Waals surface area contributed by atoms with Crippen LogP contribution in [0.4, 0.5) is 0 Å². The lowest BCUT2D eigenvalue weighted by atomic mass is 9.85. The van der Waals surface area contributed by atoms with E-state index in [0.717, 1.165) is 33.6 Å². The highest BCUT2D eigenvalue weighted by atomic mass is 16.5. The molecule has 0 N–H and O–H groups in total. The number of aromatic nitrogens is 6. The lowest BCUT2D eigenvalue weighted by molar-refractivity contribution is -0.923. The SMILES string of the molecule is c1ccc2c(c1)c1ccc3c4c1c1n2c2cnccc2[n+]1C41c2c(ccc4c5ccccc5n5c6cnccc6[n+]1c5c24)O3. The fourth-order valence-corrected chi connectivity index (χ4v) is 9.25. The zero-order valence-corrected chi connectivity index (χ0v) is 23.0. The van der Waals surface area contributed by atoms with E-state index in [-0.39, 0.29) is 0 Å². The van der Waals surface area contributed by atoms with Crippen LogP contribution in [0.2, 0.25) is 0 Å². The summed E-state index contributed by atoms with van der Waals surface area (Å²) >= 11 is 0. The van der Waals surface area contributed by atoms with Crippen molar-refractivity contribution < 1.29 is 13.9 Å². The number of para-hydroxylation sites is 2. The molecular formula is C37H18N6O+2. The van der Waals surface area contributed by atoms with Crippen LogP contribution in [0.3, 0.4) is 0 Å². The molecule has 3 aliphatic heterocycles. The van der Waals surface area contributed by atoms with E-state index < -0.39 is 5.66 Å². The molecule has 7 nitrogen and oxygen atoms in total. The Morgan fingerprint density at radius 3 is 1.55 bits per heavy atom. The minimum atomic E-state index is -0.718. The van der Waals surface area contributed by atoms with Gasteiger partial charge < -0.3 is 4.74 Å². The number of hydrogen-bond acceptors (Lipinski definition) is 3. The van der Waals surface area contributed by atoms with Crippen LogP contribution in [-0.2, 0) is 5.66 Å². The van der Waals surface area contributed by atoms with Gasteiger partial charge >= 0.3 is 17.0 Å². The average Bonchev–Trinajstić information content (AvgIpc) is 3.79. The first-order valence-corrected chi connectivity index (χ1v) is 14.9. The van der Waals surface area contributed by atoms with Crippen molar-refractivity contribution in [3.63, 3.8) is 0 Å². The van der Waals surface area contributed by atoms with Gasteiger partial charge in [-0.25, -0.2) is 0 Å². The van der Waals surface area contributed by atoms with E-state index in [2.05, 4.69) is 113 Å². The van der Waals surface area contributed by atoms with Gasteiger partial charge in [0.15, 0.2) is 22.1 Å². The van der Waals surface area contributed by atoms with Gasteiger partial charge in [-0.05, 0) is 36.4 Å². The Hall–Kier alpha value is -6.08. The van der Waals surface area contributed by atoms with Gasteiger partial charge in [0.05, 0.1) is 23.2 Å². The maximum atomic E-state index is 6.92. The van der Waals surface area contributed by atoms with E-state index in [1.165, 1.54) is 65.8 Å². The van der Waals surface area contributed by atoms with Gasteiger partial charge in [-0.1, -0.05) is 36.4 Å². The Bertz CT molecular complexity index is 2890. The molecule has 0 amide bonds. The molecule has 0 saturated carbocycles. The standard InChI is InChI=1S/C37H18N6O/c1-3-7-23-19(5-1)21-9-11-29-33-31(21)35-40(23)27-17-38-15-13-25(27)42(35)37(33)34-30(44-29)12-10-22-20-6-2-4-8-24(20)41-28-18-39-16-14-26(28)43(37)36(41)32(22)34/h1-18H/q+2. The number of nitrogens with zero attached hydrogens (tertiary/aromatic N) is 6. The molecular weight excluding hydrogens is 544 g/mol. The van der Waals surface area contributed by atoms with Crippen molar-refractivity contribution in [2.24, 2.45) is 0 Å². The molecule has 3 aliphatic rings. The monoisotopic (exact) mass is 562 g/mol. The fourth-order valence-electron chi connectivity index (χ4n) is 9.25. The molecule has 7 heteroatoms. The Labute approximate surface area is 247 Å². The number of imidazole rings is 2. The third kappa shape index (κ3) is 1.80. The molecule has 0 aliphatic carbocycles. The highest BCUT2D eigenvalue weighted by molar-refractivity contribution is 6.19. The van der Waals surface area contributed by atoms with Crippen molar-refractivity contribution in [3.05, 3.63) is 121 Å². The van der Waals surface area contributed by atoms with Gasteiger partial charge in [0.25, 0.3) is 0 Å². The van der Waals surface area contributed by atoms with Gasteiger partial charge in [-0.3, -0.25) is 9.97 Å². The van der Waals surface area contributed by atoms with E-state index in [9.17, 15) is 0 Å². The molecule has 0 bridgehead atoms. The molecule has 10 aromatic rings. The molecule has 9 heterocycles. The lowest BCUT2D eigenvalue weighted by Gasteiger charge is -2.30. The van der Waals surface area contributed by atoms with Crippen molar-refractivity contribution in [2.45, 2.75) is 5.66 Å². The number of fused-ring (bicyclic) bond motifs is 12. The molecule has 0 radical (unpaired) electrons. The summed E-state index contributed by atoms with van der Waals surface area (Å²) in [6, 6.07) is 30.7. The smallest absolute Gasteiger partial charge is 0.316 e. The third-order valence-electron chi connectivity index (χ3n) is 10.6. The molecule has 200 valence electrons. The predicted molar refractivity (Wildman–Crippen MR) is 167 cm³/mol. The second-order valence-electron chi connectivity index (χ2n) is 12.2. The first-order valence-electron chi connectivity index (χ1n) is 14.9. The molecule has 4 aromatic carbocycles. The number of pyridine rings is 4. The van der Waals surface area contributed by atoms with E-state index in [1.54, 1.807) is 0 Å². The Balaban J connectivity index is 1.45. The Kier molecular flexibility index (Phi) is 2.97. The van der Waals surface area contributed by atoms with Gasteiger partial charge in [-0.2, -0.15) is 17.9 Å². The molecule has 0 unspecified atom stereocenters. The van der Waals surface area contributed by atoms with Crippen molar-refractivity contribution in [2.75, 3.05) is 0 Å². The van der Waals surface area contributed by atoms with E-state index in [0.29, 0.717) is 0 Å². The number of hydrogen-bond donors (Lipinski definition) is 0. The highest BCUT2D eigenvalue weighted by Crippen LogP contribution is 2.58. The van der Waals surface area contributed by atoms with Crippen LogP contribution in [0.5, 0.6) is 11.5 Å². The Morgan fingerprint density at radius 2 is 1.02 bits per heavy atom. The van der Waals surface area contributed by atoms with Crippen LogP contribution in [0.1, 0.15) is 11.1 Å². The van der Waals surface area contributed by atoms with Gasteiger partial charge in [0.2, 0.25) is 0 Å². The summed E-state index contributed by atoms with van der Waals surface area (Å²) in [5.41, 5.74) is 10.8. The normalized spacial score (nSPS) is 15.2. The molecule has 0 fully saturated rings. The minimum Gasteiger partial charge on any atom is -0.456 e. The quantitative estimate of drug-likeness (QED) is 0.157.